The maximum absolute atomic E-state index is 11.8. The summed E-state index contributed by atoms with van der Waals surface area (Å²) in [5, 5.41) is 17.4. The van der Waals surface area contributed by atoms with Crippen LogP contribution in [0.25, 0.3) is 0 Å². The zero-order valence-corrected chi connectivity index (χ0v) is 13.1. The molecular formula is C13H21N5O5. The molecule has 0 saturated carbocycles. The standard InChI is InChI=1S/C13H21N5O5/c1-22-13-11(18(20)21)9-17(15-13)10-12(19)14-3-2-4-16-5-7-23-8-6-16/h9H,2-8,10H2,1H3,(H,14,19). The Bertz CT molecular complexity index is 541. The van der Waals surface area contributed by atoms with Crippen molar-refractivity contribution in [3.63, 3.8) is 0 Å². The van der Waals surface area contributed by atoms with Crippen LogP contribution in [0.15, 0.2) is 6.20 Å². The van der Waals surface area contributed by atoms with Gasteiger partial charge in [0.2, 0.25) is 5.91 Å². The Kier molecular flexibility index (Phi) is 6.29. The number of hydrogen-bond acceptors (Lipinski definition) is 7. The molecule has 1 aromatic rings. The van der Waals surface area contributed by atoms with Crippen molar-refractivity contribution < 1.29 is 19.2 Å². The van der Waals surface area contributed by atoms with Crippen LogP contribution in [0, 0.1) is 10.1 Å². The minimum absolute atomic E-state index is 0.0816. The molecule has 10 heteroatoms. The average Bonchev–Trinajstić information content (AvgIpc) is 2.96. The quantitative estimate of drug-likeness (QED) is 0.394. The highest BCUT2D eigenvalue weighted by Crippen LogP contribution is 2.23. The van der Waals surface area contributed by atoms with Gasteiger partial charge in [0.15, 0.2) is 0 Å². The third kappa shape index (κ3) is 5.18. The summed E-state index contributed by atoms with van der Waals surface area (Å²) in [6.45, 7) is 4.73. The lowest BCUT2D eigenvalue weighted by Gasteiger charge is -2.26. The molecule has 1 aromatic heterocycles. The Morgan fingerprint density at radius 2 is 2.26 bits per heavy atom. The van der Waals surface area contributed by atoms with Crippen LogP contribution < -0.4 is 10.1 Å². The van der Waals surface area contributed by atoms with Gasteiger partial charge in [-0.25, -0.2) is 0 Å². The number of hydrogen-bond donors (Lipinski definition) is 1. The van der Waals surface area contributed by atoms with E-state index in [0.717, 1.165) is 39.3 Å². The summed E-state index contributed by atoms with van der Waals surface area (Å²) in [6.07, 6.45) is 2.03. The Hall–Kier alpha value is -2.20. The van der Waals surface area contributed by atoms with E-state index in [1.165, 1.54) is 18.0 Å². The SMILES string of the molecule is COc1nn(CC(=O)NCCCN2CCOCC2)cc1[N+](=O)[O-]. The highest BCUT2D eigenvalue weighted by Gasteiger charge is 2.21. The first-order valence-corrected chi connectivity index (χ1v) is 7.43. The largest absolute Gasteiger partial charge is 0.475 e. The first-order chi connectivity index (χ1) is 11.1. The third-order valence-corrected chi connectivity index (χ3v) is 3.48. The number of nitrogens with zero attached hydrogens (tertiary/aromatic N) is 4. The molecule has 1 aliphatic heterocycles. The molecule has 2 rings (SSSR count). The summed E-state index contributed by atoms with van der Waals surface area (Å²) in [5.41, 5.74) is -0.257. The molecule has 0 aliphatic carbocycles. The topological polar surface area (TPSA) is 112 Å². The maximum Gasteiger partial charge on any atom is 0.350 e. The van der Waals surface area contributed by atoms with Crippen LogP contribution in [0.2, 0.25) is 0 Å². The first kappa shape index (κ1) is 17.2. The van der Waals surface area contributed by atoms with E-state index in [0.29, 0.717) is 6.54 Å². The van der Waals surface area contributed by atoms with Crippen LogP contribution in [0.5, 0.6) is 5.88 Å². The van der Waals surface area contributed by atoms with E-state index >= 15 is 0 Å². The monoisotopic (exact) mass is 327 g/mol. The van der Waals surface area contributed by atoms with E-state index in [1.807, 2.05) is 0 Å². The summed E-state index contributed by atoms with van der Waals surface area (Å²) >= 11 is 0. The van der Waals surface area contributed by atoms with Crippen LogP contribution >= 0.6 is 0 Å². The lowest BCUT2D eigenvalue weighted by atomic mass is 10.3. The van der Waals surface area contributed by atoms with Crippen molar-refractivity contribution in [3.8, 4) is 5.88 Å². The highest BCUT2D eigenvalue weighted by molar-refractivity contribution is 5.75. The number of ether oxygens (including phenoxy) is 2. The summed E-state index contributed by atoms with van der Waals surface area (Å²) in [5.74, 6) is -0.345. The Balaban J connectivity index is 1.71. The molecule has 23 heavy (non-hydrogen) atoms. The van der Waals surface area contributed by atoms with Crippen LogP contribution in [-0.4, -0.2) is 72.0 Å². The van der Waals surface area contributed by atoms with Crippen LogP contribution in [-0.2, 0) is 16.1 Å². The molecule has 0 unspecified atom stereocenters. The van der Waals surface area contributed by atoms with Gasteiger partial charge in [-0.2, -0.15) is 0 Å². The van der Waals surface area contributed by atoms with E-state index in [-0.39, 0.29) is 24.0 Å². The molecule has 128 valence electrons. The number of morpholine rings is 1. The summed E-state index contributed by atoms with van der Waals surface area (Å²) in [7, 11) is 1.30. The predicted octanol–water partition coefficient (Wildman–Crippen LogP) is -0.362. The normalized spacial score (nSPS) is 15.3. The predicted molar refractivity (Wildman–Crippen MR) is 80.3 cm³/mol. The fraction of sp³-hybridized carbons (Fsp3) is 0.692. The van der Waals surface area contributed by atoms with Crippen LogP contribution in [0.1, 0.15) is 6.42 Å². The zero-order chi connectivity index (χ0) is 16.7. The number of amides is 1. The molecule has 2 heterocycles. The Morgan fingerprint density at radius 3 is 2.87 bits per heavy atom. The summed E-state index contributed by atoms with van der Waals surface area (Å²) in [4.78, 5) is 24.3. The molecule has 0 aromatic carbocycles. The number of methoxy groups -OCH3 is 1. The molecule has 10 nitrogen and oxygen atoms in total. The van der Waals surface area contributed by atoms with Crippen molar-refractivity contribution >= 4 is 11.6 Å². The van der Waals surface area contributed by atoms with Gasteiger partial charge in [0.25, 0.3) is 0 Å². The van der Waals surface area contributed by atoms with Crippen molar-refractivity contribution in [2.75, 3.05) is 46.5 Å². The van der Waals surface area contributed by atoms with Crippen molar-refractivity contribution in [2.24, 2.45) is 0 Å². The van der Waals surface area contributed by atoms with Gasteiger partial charge in [-0.3, -0.25) is 24.5 Å². The van der Waals surface area contributed by atoms with Crippen molar-refractivity contribution in [2.45, 2.75) is 13.0 Å². The lowest BCUT2D eigenvalue weighted by molar-refractivity contribution is -0.385. The number of carbonyl (C=O) groups excluding carboxylic acids is 1. The number of nitro groups is 1. The van der Waals surface area contributed by atoms with E-state index < -0.39 is 4.92 Å². The number of rotatable bonds is 8. The zero-order valence-electron chi connectivity index (χ0n) is 13.1. The molecule has 0 bridgehead atoms. The second kappa shape index (κ2) is 8.44. The molecule has 0 radical (unpaired) electrons. The molecule has 1 amide bonds. The van der Waals surface area contributed by atoms with Crippen LogP contribution in [0.4, 0.5) is 5.69 Å². The van der Waals surface area contributed by atoms with Gasteiger partial charge in [-0.1, -0.05) is 0 Å². The second-order valence-electron chi connectivity index (χ2n) is 5.14. The molecule has 1 N–H and O–H groups in total. The van der Waals surface area contributed by atoms with Gasteiger partial charge in [0.1, 0.15) is 12.7 Å². The minimum atomic E-state index is -0.595. The van der Waals surface area contributed by atoms with Gasteiger partial charge in [-0.15, -0.1) is 5.10 Å². The van der Waals surface area contributed by atoms with Crippen molar-refractivity contribution in [3.05, 3.63) is 16.3 Å². The van der Waals surface area contributed by atoms with E-state index in [9.17, 15) is 14.9 Å². The fourth-order valence-corrected chi connectivity index (χ4v) is 2.30. The molecule has 0 spiro atoms. The van der Waals surface area contributed by atoms with E-state index in [1.54, 1.807) is 0 Å². The fourth-order valence-electron chi connectivity index (χ4n) is 2.30. The summed E-state index contributed by atoms with van der Waals surface area (Å²) in [6, 6.07) is 0. The van der Waals surface area contributed by atoms with Crippen LogP contribution in [0.3, 0.4) is 0 Å². The van der Waals surface area contributed by atoms with Gasteiger partial charge < -0.3 is 14.8 Å². The second-order valence-corrected chi connectivity index (χ2v) is 5.14. The average molecular weight is 327 g/mol. The van der Waals surface area contributed by atoms with E-state index in [4.69, 9.17) is 9.47 Å². The Labute approximate surface area is 133 Å². The first-order valence-electron chi connectivity index (χ1n) is 7.43. The van der Waals surface area contributed by atoms with Crippen molar-refractivity contribution in [1.29, 1.82) is 0 Å². The van der Waals surface area contributed by atoms with Gasteiger partial charge in [0, 0.05) is 19.6 Å². The van der Waals surface area contributed by atoms with Gasteiger partial charge >= 0.3 is 11.6 Å². The molecular weight excluding hydrogens is 306 g/mol. The number of aromatic nitrogens is 2. The smallest absolute Gasteiger partial charge is 0.350 e. The molecule has 1 saturated heterocycles. The van der Waals surface area contributed by atoms with Gasteiger partial charge in [0.05, 0.1) is 25.2 Å². The molecule has 1 aliphatic rings. The van der Waals surface area contributed by atoms with E-state index in [2.05, 4.69) is 15.3 Å². The number of carbonyl (C=O) groups is 1. The Morgan fingerprint density at radius 1 is 1.52 bits per heavy atom. The van der Waals surface area contributed by atoms with Gasteiger partial charge in [-0.05, 0) is 13.0 Å². The molecule has 1 fully saturated rings. The number of nitrogens with one attached hydrogen (secondary N) is 1. The minimum Gasteiger partial charge on any atom is -0.475 e. The van der Waals surface area contributed by atoms with Crippen molar-refractivity contribution in [1.82, 2.24) is 20.0 Å². The summed E-state index contributed by atoms with van der Waals surface area (Å²) < 4.78 is 11.3. The maximum atomic E-state index is 11.8. The lowest BCUT2D eigenvalue weighted by Crippen LogP contribution is -2.38. The third-order valence-electron chi connectivity index (χ3n) is 3.48. The highest BCUT2D eigenvalue weighted by atomic mass is 16.6. The molecule has 0 atom stereocenters.